The number of aromatic nitrogens is 1. The summed E-state index contributed by atoms with van der Waals surface area (Å²) in [4.78, 5) is 19.1. The molecule has 7 heteroatoms. The molecule has 1 aliphatic heterocycles. The third-order valence-electron chi connectivity index (χ3n) is 4.54. The molecule has 1 aromatic carbocycles. The molecular weight excluding hydrogens is 385 g/mol. The van der Waals surface area contributed by atoms with Crippen molar-refractivity contribution < 1.29 is 9.53 Å². The first-order valence-corrected chi connectivity index (χ1v) is 9.92. The van der Waals surface area contributed by atoms with E-state index in [1.807, 2.05) is 18.3 Å². The Labute approximate surface area is 169 Å². The molecule has 1 unspecified atom stereocenters. The summed E-state index contributed by atoms with van der Waals surface area (Å²) in [6, 6.07) is 8.70. The van der Waals surface area contributed by atoms with Crippen molar-refractivity contribution in [3.05, 3.63) is 46.6 Å². The minimum absolute atomic E-state index is 0.295. The van der Waals surface area contributed by atoms with Gasteiger partial charge in [-0.3, -0.25) is 4.79 Å². The van der Waals surface area contributed by atoms with E-state index >= 15 is 0 Å². The van der Waals surface area contributed by atoms with Crippen molar-refractivity contribution in [2.45, 2.75) is 38.7 Å². The maximum absolute atomic E-state index is 12.4. The predicted octanol–water partition coefficient (Wildman–Crippen LogP) is 5.17. The minimum atomic E-state index is -0.726. The molecule has 1 atom stereocenters. The van der Waals surface area contributed by atoms with E-state index in [4.69, 9.17) is 27.9 Å². The van der Waals surface area contributed by atoms with Crippen molar-refractivity contribution in [1.82, 2.24) is 4.98 Å². The van der Waals surface area contributed by atoms with Gasteiger partial charge in [0, 0.05) is 18.1 Å². The van der Waals surface area contributed by atoms with Crippen LogP contribution in [0.3, 0.4) is 0 Å². The van der Waals surface area contributed by atoms with E-state index in [9.17, 15) is 4.79 Å². The largest absolute Gasteiger partial charge is 0.479 e. The second-order valence-corrected chi connectivity index (χ2v) is 7.47. The van der Waals surface area contributed by atoms with Crippen LogP contribution in [0.5, 0.6) is 5.75 Å². The summed E-state index contributed by atoms with van der Waals surface area (Å²) in [5.74, 6) is 0.612. The fourth-order valence-electron chi connectivity index (χ4n) is 3.02. The topological polar surface area (TPSA) is 54.5 Å². The number of nitrogens with zero attached hydrogens (tertiary/aromatic N) is 2. The standard InChI is InChI=1S/C20H23Cl2N3O2/c1-14(27-18-8-6-15(21)12-17(18)22)20(26)24-19-9-7-16(13-23-19)25-10-4-2-3-5-11-25/h6-9,12-14H,2-5,10-11H2,1H3,(H,23,24,26). The van der Waals surface area contributed by atoms with E-state index in [1.54, 1.807) is 25.1 Å². The molecule has 0 radical (unpaired) electrons. The number of carbonyl (C=O) groups excluding carboxylic acids is 1. The normalized spacial score (nSPS) is 15.7. The maximum Gasteiger partial charge on any atom is 0.266 e. The zero-order chi connectivity index (χ0) is 19.2. The number of hydrogen-bond acceptors (Lipinski definition) is 4. The fraction of sp³-hybridized carbons (Fsp3) is 0.400. The van der Waals surface area contributed by atoms with Gasteiger partial charge >= 0.3 is 0 Å². The van der Waals surface area contributed by atoms with Crippen LogP contribution >= 0.6 is 23.2 Å². The van der Waals surface area contributed by atoms with Crippen LogP contribution in [0.1, 0.15) is 32.6 Å². The number of rotatable bonds is 5. The van der Waals surface area contributed by atoms with Gasteiger partial charge in [0.1, 0.15) is 11.6 Å². The Morgan fingerprint density at radius 1 is 1.15 bits per heavy atom. The summed E-state index contributed by atoms with van der Waals surface area (Å²) >= 11 is 12.0. The highest BCUT2D eigenvalue weighted by molar-refractivity contribution is 6.35. The Morgan fingerprint density at radius 3 is 2.52 bits per heavy atom. The van der Waals surface area contributed by atoms with Crippen molar-refractivity contribution in [2.75, 3.05) is 23.3 Å². The second-order valence-electron chi connectivity index (χ2n) is 6.63. The minimum Gasteiger partial charge on any atom is -0.479 e. The first-order chi connectivity index (χ1) is 13.0. The zero-order valence-electron chi connectivity index (χ0n) is 15.3. The van der Waals surface area contributed by atoms with Gasteiger partial charge in [0.2, 0.25) is 0 Å². The molecule has 1 amide bonds. The highest BCUT2D eigenvalue weighted by Crippen LogP contribution is 2.28. The molecule has 2 aromatic rings. The molecule has 1 saturated heterocycles. The van der Waals surface area contributed by atoms with Gasteiger partial charge in [-0.1, -0.05) is 36.0 Å². The number of pyridine rings is 1. The molecule has 1 aromatic heterocycles. The molecule has 3 rings (SSSR count). The molecule has 0 bridgehead atoms. The van der Waals surface area contributed by atoms with Gasteiger partial charge < -0.3 is 15.0 Å². The van der Waals surface area contributed by atoms with Gasteiger partial charge in [-0.05, 0) is 50.1 Å². The molecule has 144 valence electrons. The lowest BCUT2D eigenvalue weighted by atomic mass is 10.2. The average molecular weight is 408 g/mol. The summed E-state index contributed by atoms with van der Waals surface area (Å²) in [7, 11) is 0. The quantitative estimate of drug-likeness (QED) is 0.741. The third kappa shape index (κ3) is 5.50. The maximum atomic E-state index is 12.4. The molecule has 1 fully saturated rings. The lowest BCUT2D eigenvalue weighted by Crippen LogP contribution is -2.30. The van der Waals surface area contributed by atoms with Crippen LogP contribution in [0.4, 0.5) is 11.5 Å². The highest BCUT2D eigenvalue weighted by Gasteiger charge is 2.17. The van der Waals surface area contributed by atoms with Crippen LogP contribution < -0.4 is 15.0 Å². The highest BCUT2D eigenvalue weighted by atomic mass is 35.5. The van der Waals surface area contributed by atoms with Crippen molar-refractivity contribution in [1.29, 1.82) is 0 Å². The Morgan fingerprint density at radius 2 is 1.89 bits per heavy atom. The number of anilines is 2. The van der Waals surface area contributed by atoms with Gasteiger partial charge in [-0.25, -0.2) is 4.98 Å². The average Bonchev–Trinajstić information content (AvgIpc) is 2.94. The molecule has 2 heterocycles. The first-order valence-electron chi connectivity index (χ1n) is 9.16. The number of hydrogen-bond donors (Lipinski definition) is 1. The van der Waals surface area contributed by atoms with Gasteiger partial charge in [-0.15, -0.1) is 0 Å². The molecular formula is C20H23Cl2N3O2. The molecule has 1 N–H and O–H groups in total. The van der Waals surface area contributed by atoms with Crippen LogP contribution in [0.15, 0.2) is 36.5 Å². The van der Waals surface area contributed by atoms with Crippen molar-refractivity contribution in [2.24, 2.45) is 0 Å². The number of benzene rings is 1. The summed E-state index contributed by atoms with van der Waals surface area (Å²) < 4.78 is 5.63. The summed E-state index contributed by atoms with van der Waals surface area (Å²) in [6.07, 6.45) is 6.07. The third-order valence-corrected chi connectivity index (χ3v) is 5.07. The van der Waals surface area contributed by atoms with Crippen molar-refractivity contribution >= 4 is 40.6 Å². The predicted molar refractivity (Wildman–Crippen MR) is 110 cm³/mol. The Kier molecular flexibility index (Phi) is 6.80. The van der Waals surface area contributed by atoms with Gasteiger partial charge in [0.05, 0.1) is 16.9 Å². The monoisotopic (exact) mass is 407 g/mol. The van der Waals surface area contributed by atoms with Crippen LogP contribution in [-0.4, -0.2) is 30.1 Å². The van der Waals surface area contributed by atoms with E-state index in [0.29, 0.717) is 21.6 Å². The van der Waals surface area contributed by atoms with E-state index in [2.05, 4.69) is 15.2 Å². The van der Waals surface area contributed by atoms with E-state index in [-0.39, 0.29) is 5.91 Å². The first kappa shape index (κ1) is 19.8. The van der Waals surface area contributed by atoms with Crippen LogP contribution in [0, 0.1) is 0 Å². The van der Waals surface area contributed by atoms with E-state index in [1.165, 1.54) is 25.7 Å². The van der Waals surface area contributed by atoms with Crippen LogP contribution in [-0.2, 0) is 4.79 Å². The Hall–Kier alpha value is -1.98. The number of carbonyl (C=O) groups is 1. The van der Waals surface area contributed by atoms with Crippen molar-refractivity contribution in [3.63, 3.8) is 0 Å². The van der Waals surface area contributed by atoms with Crippen LogP contribution in [0.2, 0.25) is 10.0 Å². The Balaban J connectivity index is 1.58. The lowest BCUT2D eigenvalue weighted by Gasteiger charge is -2.22. The number of amides is 1. The zero-order valence-corrected chi connectivity index (χ0v) is 16.8. The van der Waals surface area contributed by atoms with Crippen LogP contribution in [0.25, 0.3) is 0 Å². The SMILES string of the molecule is CC(Oc1ccc(Cl)cc1Cl)C(=O)Nc1ccc(N2CCCCCC2)cn1. The molecule has 27 heavy (non-hydrogen) atoms. The lowest BCUT2D eigenvalue weighted by molar-refractivity contribution is -0.122. The van der Waals surface area contributed by atoms with E-state index < -0.39 is 6.10 Å². The molecule has 5 nitrogen and oxygen atoms in total. The number of nitrogens with one attached hydrogen (secondary N) is 1. The van der Waals surface area contributed by atoms with Crippen molar-refractivity contribution in [3.8, 4) is 5.75 Å². The smallest absolute Gasteiger partial charge is 0.266 e. The summed E-state index contributed by atoms with van der Waals surface area (Å²) in [5, 5.41) is 3.65. The van der Waals surface area contributed by atoms with Gasteiger partial charge in [-0.2, -0.15) is 0 Å². The molecule has 1 aliphatic rings. The summed E-state index contributed by atoms with van der Waals surface area (Å²) in [5.41, 5.74) is 1.09. The fourth-order valence-corrected chi connectivity index (χ4v) is 3.47. The van der Waals surface area contributed by atoms with E-state index in [0.717, 1.165) is 18.8 Å². The van der Waals surface area contributed by atoms with Gasteiger partial charge in [0.25, 0.3) is 5.91 Å². The number of ether oxygens (including phenoxy) is 1. The molecule has 0 aliphatic carbocycles. The Bertz CT molecular complexity index is 775. The van der Waals surface area contributed by atoms with Gasteiger partial charge in [0.15, 0.2) is 6.10 Å². The molecule has 0 saturated carbocycles. The second kappa shape index (κ2) is 9.29. The number of halogens is 2. The molecule has 0 spiro atoms. The summed E-state index contributed by atoms with van der Waals surface area (Å²) in [6.45, 7) is 3.77.